The summed E-state index contributed by atoms with van der Waals surface area (Å²) in [4.78, 5) is 22.7. The molecule has 25 heavy (non-hydrogen) atoms. The van der Waals surface area contributed by atoms with Crippen LogP contribution in [0, 0.1) is 10.1 Å². The van der Waals surface area contributed by atoms with Gasteiger partial charge in [0.2, 0.25) is 0 Å². The Kier molecular flexibility index (Phi) is 4.36. The summed E-state index contributed by atoms with van der Waals surface area (Å²) in [5.41, 5.74) is 4.23. The molecule has 13 heteroatoms. The standard InChI is InChI=1S/C12H12N10O3/c1-8(6-21-17-12(16-19-21)22(24)25)13-15-11(23)7-20-10-5-3-2-4-9(10)14-18-20/h2-5H,6-7H2,1H3,(H,15,23). The van der Waals surface area contributed by atoms with Gasteiger partial charge in [-0.25, -0.2) is 10.1 Å². The van der Waals surface area contributed by atoms with Crippen molar-refractivity contribution in [2.24, 2.45) is 5.10 Å². The topological polar surface area (TPSA) is 159 Å². The van der Waals surface area contributed by atoms with E-state index in [4.69, 9.17) is 0 Å². The van der Waals surface area contributed by atoms with Gasteiger partial charge in [-0.15, -0.1) is 5.10 Å². The van der Waals surface area contributed by atoms with E-state index in [2.05, 4.69) is 36.3 Å². The van der Waals surface area contributed by atoms with Crippen molar-refractivity contribution in [1.82, 2.24) is 40.6 Å². The zero-order valence-electron chi connectivity index (χ0n) is 13.0. The van der Waals surface area contributed by atoms with Crippen LogP contribution in [0.25, 0.3) is 11.0 Å². The van der Waals surface area contributed by atoms with Crippen molar-refractivity contribution < 1.29 is 9.72 Å². The van der Waals surface area contributed by atoms with Gasteiger partial charge in [-0.1, -0.05) is 22.1 Å². The highest BCUT2D eigenvalue weighted by molar-refractivity contribution is 5.84. The predicted molar refractivity (Wildman–Crippen MR) is 83.3 cm³/mol. The normalized spacial score (nSPS) is 11.6. The zero-order valence-corrected chi connectivity index (χ0v) is 13.0. The second kappa shape index (κ2) is 6.77. The minimum absolute atomic E-state index is 0.0490. The van der Waals surface area contributed by atoms with Crippen LogP contribution < -0.4 is 5.43 Å². The lowest BCUT2D eigenvalue weighted by atomic mass is 10.3. The van der Waals surface area contributed by atoms with Crippen molar-refractivity contribution >= 4 is 28.6 Å². The monoisotopic (exact) mass is 344 g/mol. The van der Waals surface area contributed by atoms with E-state index in [1.807, 2.05) is 12.1 Å². The quantitative estimate of drug-likeness (QED) is 0.356. The maximum absolute atomic E-state index is 12.0. The van der Waals surface area contributed by atoms with Gasteiger partial charge >= 0.3 is 5.95 Å². The number of tetrazole rings is 1. The van der Waals surface area contributed by atoms with Crippen LogP contribution in [0.3, 0.4) is 0 Å². The smallest absolute Gasteiger partial charge is 0.390 e. The predicted octanol–water partition coefficient (Wildman–Crippen LogP) is -0.482. The molecule has 1 N–H and O–H groups in total. The number of nitro groups is 1. The number of carbonyl (C=O) groups excluding carboxylic acids is 1. The van der Waals surface area contributed by atoms with Crippen molar-refractivity contribution in [3.05, 3.63) is 34.4 Å². The molecule has 0 spiro atoms. The number of carbonyl (C=O) groups is 1. The number of hydrogen-bond donors (Lipinski definition) is 1. The van der Waals surface area contributed by atoms with Crippen molar-refractivity contribution in [3.8, 4) is 0 Å². The third-order valence-electron chi connectivity index (χ3n) is 3.06. The molecular weight excluding hydrogens is 332 g/mol. The summed E-state index contributed by atoms with van der Waals surface area (Å²) >= 11 is 0. The van der Waals surface area contributed by atoms with E-state index < -0.39 is 16.8 Å². The number of nitrogens with one attached hydrogen (secondary N) is 1. The van der Waals surface area contributed by atoms with Crippen molar-refractivity contribution in [1.29, 1.82) is 0 Å². The van der Waals surface area contributed by atoms with Crippen molar-refractivity contribution in [2.75, 3.05) is 0 Å². The SMILES string of the molecule is CC(Cn1nnc([N+](=O)[O-])n1)=NNC(=O)Cn1nnc2ccccc21. The van der Waals surface area contributed by atoms with Crippen LogP contribution in [0.1, 0.15) is 6.92 Å². The third kappa shape index (κ3) is 3.77. The number of aromatic nitrogens is 7. The minimum Gasteiger partial charge on any atom is -0.390 e. The van der Waals surface area contributed by atoms with Crippen LogP contribution in [0.4, 0.5) is 5.95 Å². The number of nitrogens with zero attached hydrogens (tertiary/aromatic N) is 9. The van der Waals surface area contributed by atoms with E-state index in [-0.39, 0.29) is 13.1 Å². The Morgan fingerprint density at radius 3 is 2.84 bits per heavy atom. The maximum atomic E-state index is 12.0. The maximum Gasteiger partial charge on any atom is 0.514 e. The molecule has 0 aliphatic heterocycles. The largest absolute Gasteiger partial charge is 0.514 e. The molecule has 0 aliphatic rings. The first-order valence-electron chi connectivity index (χ1n) is 7.05. The average molecular weight is 344 g/mol. The molecular formula is C12H12N10O3. The Balaban J connectivity index is 1.58. The minimum atomic E-state index is -0.750. The van der Waals surface area contributed by atoms with E-state index in [1.54, 1.807) is 19.1 Å². The summed E-state index contributed by atoms with van der Waals surface area (Å²) in [5.74, 6) is -0.998. The highest BCUT2D eigenvalue weighted by Gasteiger charge is 2.15. The number of para-hydroxylation sites is 1. The molecule has 0 bridgehead atoms. The lowest BCUT2D eigenvalue weighted by Gasteiger charge is -2.02. The highest BCUT2D eigenvalue weighted by Crippen LogP contribution is 2.09. The molecule has 2 aromatic heterocycles. The Morgan fingerprint density at radius 1 is 1.28 bits per heavy atom. The van der Waals surface area contributed by atoms with Gasteiger partial charge in [-0.2, -0.15) is 5.10 Å². The van der Waals surface area contributed by atoms with E-state index in [9.17, 15) is 14.9 Å². The fraction of sp³-hybridized carbons (Fsp3) is 0.250. The van der Waals surface area contributed by atoms with E-state index >= 15 is 0 Å². The fourth-order valence-corrected chi connectivity index (χ4v) is 1.98. The molecule has 0 unspecified atom stereocenters. The molecule has 128 valence electrons. The number of benzene rings is 1. The Labute approximate surface area is 139 Å². The van der Waals surface area contributed by atoms with Crippen molar-refractivity contribution in [2.45, 2.75) is 20.0 Å². The summed E-state index contributed by atoms with van der Waals surface area (Å²) in [7, 11) is 0. The van der Waals surface area contributed by atoms with E-state index in [0.717, 1.165) is 10.3 Å². The van der Waals surface area contributed by atoms with Crippen LogP contribution in [0.15, 0.2) is 29.4 Å². The molecule has 3 aromatic rings. The van der Waals surface area contributed by atoms with Gasteiger partial charge in [0.15, 0.2) is 0 Å². The molecule has 0 aliphatic carbocycles. The van der Waals surface area contributed by atoms with Crippen LogP contribution in [-0.4, -0.2) is 51.7 Å². The summed E-state index contributed by atoms with van der Waals surface area (Å²) < 4.78 is 1.46. The summed E-state index contributed by atoms with van der Waals surface area (Å²) in [6.45, 7) is 1.61. The summed E-state index contributed by atoms with van der Waals surface area (Å²) in [5, 5.41) is 32.6. The molecule has 0 saturated heterocycles. The molecule has 2 heterocycles. The van der Waals surface area contributed by atoms with Gasteiger partial charge < -0.3 is 10.1 Å². The van der Waals surface area contributed by atoms with E-state index in [0.29, 0.717) is 11.2 Å². The lowest BCUT2D eigenvalue weighted by molar-refractivity contribution is -0.394. The van der Waals surface area contributed by atoms with Gasteiger partial charge in [0.1, 0.15) is 18.6 Å². The molecule has 1 amide bonds. The molecule has 0 atom stereocenters. The van der Waals surface area contributed by atoms with Crippen LogP contribution in [0.2, 0.25) is 0 Å². The second-order valence-electron chi connectivity index (χ2n) is 4.99. The summed E-state index contributed by atoms with van der Waals surface area (Å²) in [6.07, 6.45) is 0. The van der Waals surface area contributed by atoms with Crippen LogP contribution in [-0.2, 0) is 17.9 Å². The summed E-state index contributed by atoms with van der Waals surface area (Å²) in [6, 6.07) is 7.26. The first-order chi connectivity index (χ1) is 12.0. The first-order valence-corrected chi connectivity index (χ1v) is 7.05. The molecule has 0 radical (unpaired) electrons. The fourth-order valence-electron chi connectivity index (χ4n) is 1.98. The first kappa shape index (κ1) is 16.1. The van der Waals surface area contributed by atoms with Gasteiger partial charge in [0, 0.05) is 5.21 Å². The van der Waals surface area contributed by atoms with Crippen molar-refractivity contribution in [3.63, 3.8) is 0 Å². The molecule has 3 rings (SSSR count). The third-order valence-corrected chi connectivity index (χ3v) is 3.06. The molecule has 0 fully saturated rings. The number of fused-ring (bicyclic) bond motifs is 1. The lowest BCUT2D eigenvalue weighted by Crippen LogP contribution is -2.25. The van der Waals surface area contributed by atoms with Gasteiger partial charge in [-0.3, -0.25) is 4.79 Å². The number of rotatable bonds is 6. The number of amides is 1. The zero-order chi connectivity index (χ0) is 17.8. The molecule has 13 nitrogen and oxygen atoms in total. The van der Waals surface area contributed by atoms with Gasteiger partial charge in [0.05, 0.1) is 21.4 Å². The van der Waals surface area contributed by atoms with Crippen LogP contribution in [0.5, 0.6) is 0 Å². The molecule has 1 aromatic carbocycles. The number of hydrazone groups is 1. The Bertz CT molecular complexity index is 959. The Hall–Kier alpha value is -3.77. The average Bonchev–Trinajstić information content (AvgIpc) is 3.21. The van der Waals surface area contributed by atoms with Crippen LogP contribution >= 0.6 is 0 Å². The number of hydrogen-bond acceptors (Lipinski definition) is 9. The van der Waals surface area contributed by atoms with Gasteiger partial charge in [-0.05, 0) is 24.0 Å². The Morgan fingerprint density at radius 2 is 2.08 bits per heavy atom. The highest BCUT2D eigenvalue weighted by atomic mass is 16.6. The van der Waals surface area contributed by atoms with E-state index in [1.165, 1.54) is 4.68 Å². The van der Waals surface area contributed by atoms with Gasteiger partial charge in [0.25, 0.3) is 5.91 Å². The second-order valence-corrected chi connectivity index (χ2v) is 4.99. The molecule has 0 saturated carbocycles.